The van der Waals surface area contributed by atoms with Gasteiger partial charge in [0.25, 0.3) is 0 Å². The number of fused-ring (bicyclic) bond motifs is 2. The van der Waals surface area contributed by atoms with Crippen LogP contribution in [0.25, 0.3) is 33.1 Å². The molecule has 1 aliphatic rings. The van der Waals surface area contributed by atoms with Gasteiger partial charge in [-0.15, -0.1) is 0 Å². The molecule has 0 bridgehead atoms. The number of nitrogens with zero attached hydrogens (tertiary/aromatic N) is 2. The molecule has 50 heavy (non-hydrogen) atoms. The zero-order chi connectivity index (χ0) is 34.5. The Morgan fingerprint density at radius 1 is 0.960 bits per heavy atom. The first-order valence-corrected chi connectivity index (χ1v) is 17.0. The van der Waals surface area contributed by atoms with E-state index < -0.39 is 12.2 Å². The van der Waals surface area contributed by atoms with Crippen molar-refractivity contribution in [2.75, 3.05) is 31.5 Å². The second-order valence-electron chi connectivity index (χ2n) is 12.7. The van der Waals surface area contributed by atoms with Crippen molar-refractivity contribution in [3.8, 4) is 16.9 Å². The van der Waals surface area contributed by atoms with Gasteiger partial charge in [-0.2, -0.15) is 0 Å². The lowest BCUT2D eigenvalue weighted by Gasteiger charge is -2.31. The number of carbonyl (C=O) groups excluding carboxylic acids is 1. The number of carbonyl (C=O) groups is 1. The van der Waals surface area contributed by atoms with Crippen LogP contribution in [0.1, 0.15) is 35.9 Å². The van der Waals surface area contributed by atoms with E-state index in [0.29, 0.717) is 29.6 Å². The molecule has 11 heteroatoms. The first kappa shape index (κ1) is 33.0. The van der Waals surface area contributed by atoms with Crippen molar-refractivity contribution >= 4 is 33.7 Å². The third-order valence-corrected chi connectivity index (χ3v) is 9.25. The van der Waals surface area contributed by atoms with Gasteiger partial charge in [-0.3, -0.25) is 10.1 Å². The van der Waals surface area contributed by atoms with E-state index in [4.69, 9.17) is 9.72 Å². The molecule has 3 heterocycles. The zero-order valence-corrected chi connectivity index (χ0v) is 27.6. The lowest BCUT2D eigenvalue weighted by Crippen LogP contribution is -2.39. The molecule has 6 aromatic rings. The van der Waals surface area contributed by atoms with Crippen molar-refractivity contribution < 1.29 is 19.7 Å². The van der Waals surface area contributed by atoms with Gasteiger partial charge in [-0.05, 0) is 59.9 Å². The molecule has 1 amide bonds. The minimum absolute atomic E-state index is 0.0354. The van der Waals surface area contributed by atoms with Crippen molar-refractivity contribution in [3.05, 3.63) is 124 Å². The molecule has 1 fully saturated rings. The summed E-state index contributed by atoms with van der Waals surface area (Å²) in [5.41, 5.74) is 6.26. The quantitative estimate of drug-likeness (QED) is 0.100. The summed E-state index contributed by atoms with van der Waals surface area (Å²) in [7, 11) is 0. The van der Waals surface area contributed by atoms with Crippen LogP contribution < -0.4 is 16.2 Å². The topological polar surface area (TPSA) is 156 Å². The van der Waals surface area contributed by atoms with Crippen LogP contribution in [-0.2, 0) is 17.7 Å². The fourth-order valence-electron chi connectivity index (χ4n) is 6.62. The maximum Gasteiger partial charge on any atom is 0.411 e. The first-order chi connectivity index (χ1) is 24.4. The monoisotopic (exact) mass is 672 g/mol. The van der Waals surface area contributed by atoms with E-state index in [1.807, 2.05) is 66.7 Å². The number of pyridine rings is 1. The third-order valence-electron chi connectivity index (χ3n) is 9.25. The summed E-state index contributed by atoms with van der Waals surface area (Å²) >= 11 is 0. The lowest BCUT2D eigenvalue weighted by atomic mass is 10.0. The Hall–Kier alpha value is -5.49. The van der Waals surface area contributed by atoms with Crippen LogP contribution in [0.5, 0.6) is 5.75 Å². The summed E-state index contributed by atoms with van der Waals surface area (Å²) in [5.74, 6) is 0.888. The molecule has 4 aromatic carbocycles. The molecule has 2 aromatic heterocycles. The molecule has 7 rings (SSSR count). The number of phenolic OH excluding ortho intramolecular Hbond substituents is 1. The maximum absolute atomic E-state index is 12.8. The Bertz CT molecular complexity index is 2160. The van der Waals surface area contributed by atoms with E-state index in [9.17, 15) is 19.8 Å². The highest BCUT2D eigenvalue weighted by molar-refractivity contribution is 5.91. The van der Waals surface area contributed by atoms with Gasteiger partial charge in [0.05, 0.1) is 28.3 Å². The normalized spacial score (nSPS) is 14.6. The minimum atomic E-state index is -0.831. The Labute approximate surface area is 289 Å². The zero-order valence-electron chi connectivity index (χ0n) is 27.6. The van der Waals surface area contributed by atoms with Crippen LogP contribution in [0, 0.1) is 0 Å². The summed E-state index contributed by atoms with van der Waals surface area (Å²) in [5, 5.41) is 27.8. The summed E-state index contributed by atoms with van der Waals surface area (Å²) in [6, 6.07) is 29.9. The second kappa shape index (κ2) is 15.0. The maximum atomic E-state index is 12.8. The molecule has 0 spiro atoms. The number of aliphatic hydroxyl groups excluding tert-OH is 1. The smallest absolute Gasteiger partial charge is 0.411 e. The van der Waals surface area contributed by atoms with E-state index >= 15 is 0 Å². The van der Waals surface area contributed by atoms with Gasteiger partial charge in [-0.25, -0.2) is 9.78 Å². The van der Waals surface area contributed by atoms with Crippen molar-refractivity contribution in [3.63, 3.8) is 0 Å². The van der Waals surface area contributed by atoms with Crippen LogP contribution in [0.3, 0.4) is 0 Å². The van der Waals surface area contributed by atoms with Gasteiger partial charge in [-0.1, -0.05) is 60.7 Å². The van der Waals surface area contributed by atoms with Crippen LogP contribution >= 0.6 is 0 Å². The molecule has 0 saturated carbocycles. The largest absolute Gasteiger partial charge is 0.506 e. The number of imidazole rings is 1. The number of hydrogen-bond acceptors (Lipinski definition) is 8. The van der Waals surface area contributed by atoms with Crippen molar-refractivity contribution in [2.24, 2.45) is 0 Å². The predicted molar refractivity (Wildman–Crippen MR) is 194 cm³/mol. The number of amides is 1. The fourth-order valence-corrected chi connectivity index (χ4v) is 6.62. The van der Waals surface area contributed by atoms with Gasteiger partial charge >= 0.3 is 6.09 Å². The average molecular weight is 673 g/mol. The fraction of sp³-hybridized carbons (Fsp3) is 0.256. The first-order valence-electron chi connectivity index (χ1n) is 17.0. The SMILES string of the molecule is O=C(Nc1ccccc1-c1ccccc1)OC1CCN(CCc2nc3ccc(CNCC(O)c4ccc(O)c5[nH]c(=O)ccc45)cc3[nH]2)CC1. The third kappa shape index (κ3) is 7.70. The Morgan fingerprint density at radius 3 is 2.60 bits per heavy atom. The lowest BCUT2D eigenvalue weighted by molar-refractivity contribution is 0.0592. The number of ether oxygens (including phenoxy) is 1. The molecule has 1 aliphatic heterocycles. The highest BCUT2D eigenvalue weighted by Gasteiger charge is 2.23. The summed E-state index contributed by atoms with van der Waals surface area (Å²) in [6.45, 7) is 3.38. The number of aliphatic hydroxyl groups is 1. The molecule has 6 N–H and O–H groups in total. The van der Waals surface area contributed by atoms with E-state index in [0.717, 1.165) is 78.1 Å². The van der Waals surface area contributed by atoms with Gasteiger partial charge in [0.1, 0.15) is 17.7 Å². The summed E-state index contributed by atoms with van der Waals surface area (Å²) in [4.78, 5) is 37.7. The van der Waals surface area contributed by atoms with Crippen LogP contribution in [-0.4, -0.2) is 68.4 Å². The molecule has 1 saturated heterocycles. The van der Waals surface area contributed by atoms with Gasteiger partial charge in [0.2, 0.25) is 5.56 Å². The van der Waals surface area contributed by atoms with E-state index in [-0.39, 0.29) is 17.4 Å². The van der Waals surface area contributed by atoms with Crippen molar-refractivity contribution in [2.45, 2.75) is 38.0 Å². The Kier molecular flexibility index (Phi) is 9.88. The summed E-state index contributed by atoms with van der Waals surface area (Å²) in [6.07, 6.45) is 0.957. The molecule has 1 unspecified atom stereocenters. The van der Waals surface area contributed by atoms with Crippen molar-refractivity contribution in [1.82, 2.24) is 25.2 Å². The number of likely N-dealkylation sites (tertiary alicyclic amines) is 1. The molecular weight excluding hydrogens is 632 g/mol. The standard InChI is InChI=1S/C39H40N6O5/c46-34-14-11-29(30-12-15-37(48)44-38(30)34)35(47)24-40-23-25-10-13-32-33(22-25)42-36(41-32)18-21-45-19-16-27(17-20-45)50-39(49)43-31-9-5-4-8-28(31)26-6-2-1-3-7-26/h1-15,22,27,35,40,46-47H,16-21,23-24H2,(H,41,42)(H,43,49)(H,44,48). The second-order valence-corrected chi connectivity index (χ2v) is 12.7. The molecule has 256 valence electrons. The van der Waals surface area contributed by atoms with Crippen LogP contribution in [0.4, 0.5) is 10.5 Å². The Morgan fingerprint density at radius 2 is 1.76 bits per heavy atom. The molecule has 0 aliphatic carbocycles. The van der Waals surface area contributed by atoms with Crippen LogP contribution in [0.2, 0.25) is 0 Å². The number of nitrogens with one attached hydrogen (secondary N) is 4. The molecule has 0 radical (unpaired) electrons. The number of para-hydroxylation sites is 1. The Balaban J connectivity index is 0.863. The minimum Gasteiger partial charge on any atom is -0.506 e. The molecule has 1 atom stereocenters. The molecular formula is C39H40N6O5. The van der Waals surface area contributed by atoms with E-state index in [2.05, 4.69) is 31.6 Å². The van der Waals surface area contributed by atoms with E-state index in [1.165, 1.54) is 12.1 Å². The van der Waals surface area contributed by atoms with Gasteiger partial charge in [0.15, 0.2) is 0 Å². The highest BCUT2D eigenvalue weighted by Crippen LogP contribution is 2.29. The van der Waals surface area contributed by atoms with Crippen LogP contribution in [0.15, 0.2) is 102 Å². The number of anilines is 1. The van der Waals surface area contributed by atoms with Gasteiger partial charge in [0, 0.05) is 56.2 Å². The van der Waals surface area contributed by atoms with E-state index in [1.54, 1.807) is 12.1 Å². The van der Waals surface area contributed by atoms with Gasteiger partial charge < -0.3 is 35.1 Å². The summed E-state index contributed by atoms with van der Waals surface area (Å²) < 4.78 is 5.80. The predicted octanol–water partition coefficient (Wildman–Crippen LogP) is 5.86. The number of aromatic hydroxyl groups is 1. The number of H-pyrrole nitrogens is 2. The number of hydrogen-bond donors (Lipinski definition) is 6. The number of rotatable bonds is 11. The number of piperidine rings is 1. The number of aromatic nitrogens is 3. The highest BCUT2D eigenvalue weighted by atomic mass is 16.6. The molecule has 11 nitrogen and oxygen atoms in total. The number of phenols is 1. The van der Waals surface area contributed by atoms with Crippen molar-refractivity contribution in [1.29, 1.82) is 0 Å². The average Bonchev–Trinajstić information content (AvgIpc) is 3.54. The number of benzene rings is 4. The number of aromatic amines is 2.